The summed E-state index contributed by atoms with van der Waals surface area (Å²) in [5, 5.41) is 0.194. The molecule has 1 rings (SSSR count). The third-order valence-electron chi connectivity index (χ3n) is 1.41. The van der Waals surface area contributed by atoms with E-state index in [1.54, 1.807) is 0 Å². The molecule has 0 fully saturated rings. The molecule has 0 heterocycles. The van der Waals surface area contributed by atoms with Crippen LogP contribution < -0.4 is 0 Å². The van der Waals surface area contributed by atoms with Crippen molar-refractivity contribution in [2.45, 2.75) is 6.92 Å². The van der Waals surface area contributed by atoms with Crippen molar-refractivity contribution in [3.63, 3.8) is 0 Å². The fourth-order valence-corrected chi connectivity index (χ4v) is 0.816. The molecule has 0 spiro atoms. The van der Waals surface area contributed by atoms with Gasteiger partial charge in [0, 0.05) is 0 Å². The summed E-state index contributed by atoms with van der Waals surface area (Å²) in [5.41, 5.74) is 2.50. The van der Waals surface area contributed by atoms with Crippen LogP contribution in [0, 0.1) is 6.92 Å². The lowest BCUT2D eigenvalue weighted by molar-refractivity contribution is 1.45. The lowest BCUT2D eigenvalue weighted by atomic mass is 10.1. The minimum atomic E-state index is 0.194. The number of hydrogen-bond acceptors (Lipinski definition) is 0. The van der Waals surface area contributed by atoms with E-state index in [1.807, 2.05) is 18.2 Å². The molecule has 0 N–H and O–H groups in total. The number of aryl methyl sites for hydroxylation is 1. The van der Waals surface area contributed by atoms with Crippen molar-refractivity contribution < 1.29 is 0 Å². The average Bonchev–Trinajstić information content (AvgIpc) is 2.07. The minimum absolute atomic E-state index is 0.194. The topological polar surface area (TPSA) is 0 Å². The number of benzene rings is 1. The van der Waals surface area contributed by atoms with Crippen LogP contribution in [0.4, 0.5) is 0 Å². The summed E-state index contributed by atoms with van der Waals surface area (Å²) < 4.78 is 0. The van der Waals surface area contributed by atoms with Crippen LogP contribution in [-0.4, -0.2) is 5.34 Å². The first-order valence-corrected chi connectivity index (χ1v) is 4.63. The first-order valence-electron chi connectivity index (χ1n) is 3.56. The molecule has 2 heteroatoms. The Kier molecular flexibility index (Phi) is 6.93. The molecule has 0 aromatic heterocycles. The molecule has 66 valence electrons. The van der Waals surface area contributed by atoms with Gasteiger partial charge in [0.2, 0.25) is 0 Å². The molecule has 12 heavy (non-hydrogen) atoms. The van der Waals surface area contributed by atoms with Crippen molar-refractivity contribution >= 4 is 29.3 Å². The Morgan fingerprint density at radius 1 is 1.33 bits per heavy atom. The molecule has 0 atom stereocenters. The summed E-state index contributed by atoms with van der Waals surface area (Å²) in [4.78, 5) is 0. The molecule has 0 nitrogen and oxygen atoms in total. The smallest absolute Gasteiger partial charge is 0.0967 e. The third-order valence-corrected chi connectivity index (χ3v) is 1.41. The van der Waals surface area contributed by atoms with Crippen molar-refractivity contribution in [2.75, 3.05) is 5.34 Å². The van der Waals surface area contributed by atoms with Crippen molar-refractivity contribution in [1.82, 2.24) is 0 Å². The average molecular weight is 203 g/mol. The van der Waals surface area contributed by atoms with Gasteiger partial charge in [-0.15, -0.1) is 23.2 Å². The number of alkyl halides is 2. The first kappa shape index (κ1) is 11.5. The van der Waals surface area contributed by atoms with Crippen LogP contribution in [0.15, 0.2) is 30.8 Å². The summed E-state index contributed by atoms with van der Waals surface area (Å²) in [6.45, 7) is 5.77. The van der Waals surface area contributed by atoms with Gasteiger partial charge in [-0.25, -0.2) is 0 Å². The van der Waals surface area contributed by atoms with Gasteiger partial charge in [-0.05, 0) is 18.1 Å². The second-order valence-electron chi connectivity index (χ2n) is 2.16. The Hall–Kier alpha value is -0.460. The third kappa shape index (κ3) is 4.42. The van der Waals surface area contributed by atoms with Crippen LogP contribution in [0.5, 0.6) is 0 Å². The van der Waals surface area contributed by atoms with E-state index < -0.39 is 0 Å². The zero-order valence-electron chi connectivity index (χ0n) is 7.06. The van der Waals surface area contributed by atoms with Crippen LogP contribution in [-0.2, 0) is 0 Å². The number of rotatable bonds is 1. The van der Waals surface area contributed by atoms with Crippen LogP contribution in [0.2, 0.25) is 0 Å². The van der Waals surface area contributed by atoms with Crippen LogP contribution in [0.1, 0.15) is 11.1 Å². The van der Waals surface area contributed by atoms with E-state index in [9.17, 15) is 0 Å². The van der Waals surface area contributed by atoms with Crippen molar-refractivity contribution in [1.29, 1.82) is 0 Å². The zero-order valence-corrected chi connectivity index (χ0v) is 8.57. The van der Waals surface area contributed by atoms with E-state index in [2.05, 4.69) is 25.6 Å². The van der Waals surface area contributed by atoms with E-state index in [0.29, 0.717) is 0 Å². The van der Waals surface area contributed by atoms with Gasteiger partial charge in [-0.1, -0.05) is 36.9 Å². The predicted molar refractivity (Wildman–Crippen MR) is 57.8 cm³/mol. The Bertz CT molecular complexity index is 231. The lowest BCUT2D eigenvalue weighted by Crippen LogP contribution is -1.75. The first-order chi connectivity index (χ1) is 5.76. The lowest BCUT2D eigenvalue weighted by Gasteiger charge is -1.95. The fraction of sp³-hybridized carbons (Fsp3) is 0.200. The van der Waals surface area contributed by atoms with Gasteiger partial charge in [-0.3, -0.25) is 0 Å². The highest BCUT2D eigenvalue weighted by molar-refractivity contribution is 6.40. The van der Waals surface area contributed by atoms with E-state index >= 15 is 0 Å². The second-order valence-corrected chi connectivity index (χ2v) is 2.97. The second kappa shape index (κ2) is 7.20. The summed E-state index contributed by atoms with van der Waals surface area (Å²) in [6.07, 6.45) is 1.87. The Morgan fingerprint density at radius 3 is 2.17 bits per heavy atom. The highest BCUT2D eigenvalue weighted by Crippen LogP contribution is 2.06. The minimum Gasteiger partial charge on any atom is -0.109 e. The zero-order chi connectivity index (χ0) is 9.40. The monoisotopic (exact) mass is 202 g/mol. The molecule has 0 aliphatic rings. The molecule has 0 bridgehead atoms. The van der Waals surface area contributed by atoms with E-state index in [0.717, 1.165) is 0 Å². The molecule has 0 radical (unpaired) electrons. The van der Waals surface area contributed by atoms with E-state index in [-0.39, 0.29) is 5.34 Å². The quantitative estimate of drug-likeness (QED) is 0.603. The van der Waals surface area contributed by atoms with Crippen molar-refractivity contribution in [2.24, 2.45) is 0 Å². The van der Waals surface area contributed by atoms with Crippen LogP contribution >= 0.6 is 23.2 Å². The fourth-order valence-electron chi connectivity index (χ4n) is 0.816. The van der Waals surface area contributed by atoms with E-state index in [1.165, 1.54) is 11.1 Å². The maximum atomic E-state index is 4.76. The molecule has 0 saturated carbocycles. The molecule has 0 amide bonds. The molecule has 1 aromatic carbocycles. The Morgan fingerprint density at radius 2 is 1.83 bits per heavy atom. The summed E-state index contributed by atoms with van der Waals surface area (Å²) >= 11 is 9.53. The van der Waals surface area contributed by atoms with Crippen LogP contribution in [0.25, 0.3) is 6.08 Å². The molecular weight excluding hydrogens is 191 g/mol. The summed E-state index contributed by atoms with van der Waals surface area (Å²) in [7, 11) is 0. The SMILES string of the molecule is C=Cc1ccccc1C.ClCCl. The number of hydrogen-bond donors (Lipinski definition) is 0. The van der Waals surface area contributed by atoms with Gasteiger partial charge in [-0.2, -0.15) is 0 Å². The predicted octanol–water partition coefficient (Wildman–Crippen LogP) is 4.06. The largest absolute Gasteiger partial charge is 0.109 e. The molecular formula is C10H12Cl2. The van der Waals surface area contributed by atoms with Gasteiger partial charge in [0.05, 0.1) is 5.34 Å². The van der Waals surface area contributed by atoms with Gasteiger partial charge < -0.3 is 0 Å². The molecule has 1 aromatic rings. The van der Waals surface area contributed by atoms with Gasteiger partial charge >= 0.3 is 0 Å². The summed E-state index contributed by atoms with van der Waals surface area (Å²) in [5.74, 6) is 0. The summed E-state index contributed by atoms with van der Waals surface area (Å²) in [6, 6.07) is 8.19. The normalized spacial score (nSPS) is 8.25. The standard InChI is InChI=1S/C9H10.CH2Cl2/c1-3-9-7-5-4-6-8(9)2;2-1-3/h3-7H,1H2,2H3;1H2. The number of halogens is 2. The maximum Gasteiger partial charge on any atom is 0.0967 e. The van der Waals surface area contributed by atoms with Crippen LogP contribution in [0.3, 0.4) is 0 Å². The molecule has 0 aliphatic carbocycles. The van der Waals surface area contributed by atoms with Gasteiger partial charge in [0.1, 0.15) is 0 Å². The molecule has 0 saturated heterocycles. The Labute approximate surface area is 83.8 Å². The van der Waals surface area contributed by atoms with E-state index in [4.69, 9.17) is 23.2 Å². The highest BCUT2D eigenvalue weighted by atomic mass is 35.5. The van der Waals surface area contributed by atoms with Crippen molar-refractivity contribution in [3.8, 4) is 0 Å². The maximum absolute atomic E-state index is 4.76. The van der Waals surface area contributed by atoms with Crippen molar-refractivity contribution in [3.05, 3.63) is 42.0 Å². The molecule has 0 aliphatic heterocycles. The van der Waals surface area contributed by atoms with Gasteiger partial charge in [0.25, 0.3) is 0 Å². The Balaban J connectivity index is 0.000000354. The molecule has 0 unspecified atom stereocenters. The highest BCUT2D eigenvalue weighted by Gasteiger charge is 1.86. The van der Waals surface area contributed by atoms with Gasteiger partial charge in [0.15, 0.2) is 0 Å².